The second kappa shape index (κ2) is 5.88. The van der Waals surface area contributed by atoms with Gasteiger partial charge in [-0.15, -0.1) is 11.3 Å². The first kappa shape index (κ1) is 14.6. The fourth-order valence-corrected chi connectivity index (χ4v) is 4.21. The highest BCUT2D eigenvalue weighted by molar-refractivity contribution is 7.09. The molecule has 7 heteroatoms. The molecule has 6 nitrogen and oxygen atoms in total. The van der Waals surface area contributed by atoms with E-state index in [2.05, 4.69) is 19.9 Å². The Kier molecular flexibility index (Phi) is 3.72. The normalized spacial score (nSPS) is 23.9. The molecule has 0 aliphatic carbocycles. The summed E-state index contributed by atoms with van der Waals surface area (Å²) >= 11 is 1.53. The summed E-state index contributed by atoms with van der Waals surface area (Å²) in [5, 5.41) is 2.81. The van der Waals surface area contributed by atoms with Crippen LogP contribution < -0.4 is 4.90 Å². The first-order valence-electron chi connectivity index (χ1n) is 7.93. The van der Waals surface area contributed by atoms with Crippen LogP contribution >= 0.6 is 11.3 Å². The number of aromatic nitrogens is 3. The largest absolute Gasteiger partial charge is 0.355 e. The van der Waals surface area contributed by atoms with Crippen LogP contribution in [0.15, 0.2) is 24.0 Å². The van der Waals surface area contributed by atoms with E-state index in [-0.39, 0.29) is 5.91 Å². The van der Waals surface area contributed by atoms with E-state index in [4.69, 9.17) is 0 Å². The molecule has 2 aliphatic heterocycles. The van der Waals surface area contributed by atoms with Gasteiger partial charge < -0.3 is 9.80 Å². The lowest BCUT2D eigenvalue weighted by Crippen LogP contribution is -2.40. The molecule has 2 fully saturated rings. The zero-order valence-corrected chi connectivity index (χ0v) is 13.9. The van der Waals surface area contributed by atoms with Crippen molar-refractivity contribution in [3.63, 3.8) is 0 Å². The Hall–Kier alpha value is -2.02. The zero-order valence-electron chi connectivity index (χ0n) is 13.1. The van der Waals surface area contributed by atoms with Gasteiger partial charge in [0.1, 0.15) is 11.5 Å². The summed E-state index contributed by atoms with van der Waals surface area (Å²) in [5.74, 6) is 2.11. The molecule has 2 aromatic rings. The molecule has 120 valence electrons. The SMILES string of the molecule is Cc1nc(C(=O)N2CC3CCN(c4cnccn4)CC3C2)cs1. The number of anilines is 1. The van der Waals surface area contributed by atoms with Gasteiger partial charge in [-0.3, -0.25) is 9.78 Å². The van der Waals surface area contributed by atoms with Crippen molar-refractivity contribution in [2.45, 2.75) is 13.3 Å². The van der Waals surface area contributed by atoms with Gasteiger partial charge in [-0.1, -0.05) is 0 Å². The lowest BCUT2D eigenvalue weighted by molar-refractivity contribution is 0.0779. The van der Waals surface area contributed by atoms with E-state index in [0.29, 0.717) is 17.5 Å². The molecule has 0 aromatic carbocycles. The van der Waals surface area contributed by atoms with Crippen molar-refractivity contribution in [1.82, 2.24) is 19.9 Å². The molecule has 2 atom stereocenters. The average molecular weight is 329 g/mol. The van der Waals surface area contributed by atoms with Crippen LogP contribution in [0.2, 0.25) is 0 Å². The number of piperidine rings is 1. The number of fused-ring (bicyclic) bond motifs is 1. The zero-order chi connectivity index (χ0) is 15.8. The third-order valence-electron chi connectivity index (χ3n) is 4.80. The number of hydrogen-bond donors (Lipinski definition) is 0. The van der Waals surface area contributed by atoms with Crippen molar-refractivity contribution < 1.29 is 4.79 Å². The van der Waals surface area contributed by atoms with E-state index >= 15 is 0 Å². The summed E-state index contributed by atoms with van der Waals surface area (Å²) in [6.45, 7) is 5.54. The number of aryl methyl sites for hydroxylation is 1. The molecule has 2 aliphatic rings. The summed E-state index contributed by atoms with van der Waals surface area (Å²) in [5.41, 5.74) is 0.594. The third kappa shape index (κ3) is 2.81. The molecule has 0 spiro atoms. The highest BCUT2D eigenvalue weighted by atomic mass is 32.1. The molecule has 2 aromatic heterocycles. The first-order chi connectivity index (χ1) is 11.2. The van der Waals surface area contributed by atoms with Gasteiger partial charge in [0.15, 0.2) is 0 Å². The Morgan fingerprint density at radius 1 is 1.26 bits per heavy atom. The van der Waals surface area contributed by atoms with Crippen LogP contribution in [0.4, 0.5) is 5.82 Å². The van der Waals surface area contributed by atoms with Crippen molar-refractivity contribution in [2.24, 2.45) is 11.8 Å². The smallest absolute Gasteiger partial charge is 0.273 e. The lowest BCUT2D eigenvalue weighted by atomic mass is 9.89. The van der Waals surface area contributed by atoms with E-state index in [1.807, 2.05) is 23.4 Å². The molecule has 4 rings (SSSR count). The number of carbonyl (C=O) groups is 1. The summed E-state index contributed by atoms with van der Waals surface area (Å²) in [4.78, 5) is 29.7. The fraction of sp³-hybridized carbons (Fsp3) is 0.500. The van der Waals surface area contributed by atoms with Crippen molar-refractivity contribution in [1.29, 1.82) is 0 Å². The second-order valence-electron chi connectivity index (χ2n) is 6.28. The Labute approximate surface area is 139 Å². The van der Waals surface area contributed by atoms with Crippen LogP contribution in [-0.4, -0.2) is 51.9 Å². The second-order valence-corrected chi connectivity index (χ2v) is 7.34. The van der Waals surface area contributed by atoms with Crippen LogP contribution in [0, 0.1) is 18.8 Å². The number of hydrogen-bond acceptors (Lipinski definition) is 6. The number of amides is 1. The van der Waals surface area contributed by atoms with Crippen LogP contribution in [0.5, 0.6) is 0 Å². The maximum Gasteiger partial charge on any atom is 0.273 e. The molecule has 2 saturated heterocycles. The van der Waals surface area contributed by atoms with Crippen LogP contribution in [-0.2, 0) is 0 Å². The summed E-state index contributed by atoms with van der Waals surface area (Å²) in [7, 11) is 0. The Bertz CT molecular complexity index is 704. The Balaban J connectivity index is 1.44. The maximum atomic E-state index is 12.6. The monoisotopic (exact) mass is 329 g/mol. The summed E-state index contributed by atoms with van der Waals surface area (Å²) < 4.78 is 0. The maximum absolute atomic E-state index is 12.6. The molecular weight excluding hydrogens is 310 g/mol. The highest BCUT2D eigenvalue weighted by Crippen LogP contribution is 2.33. The third-order valence-corrected chi connectivity index (χ3v) is 5.57. The predicted molar refractivity (Wildman–Crippen MR) is 88.6 cm³/mol. The minimum absolute atomic E-state index is 0.0785. The lowest BCUT2D eigenvalue weighted by Gasteiger charge is -2.34. The molecule has 2 unspecified atom stereocenters. The van der Waals surface area contributed by atoms with Gasteiger partial charge in [0.2, 0.25) is 0 Å². The Morgan fingerprint density at radius 2 is 2.13 bits per heavy atom. The molecular formula is C16H19N5OS. The number of rotatable bonds is 2. The molecule has 1 amide bonds. The summed E-state index contributed by atoms with van der Waals surface area (Å²) in [6, 6.07) is 0. The van der Waals surface area contributed by atoms with Crippen LogP contribution in [0.3, 0.4) is 0 Å². The van der Waals surface area contributed by atoms with Crippen molar-refractivity contribution in [2.75, 3.05) is 31.1 Å². The minimum Gasteiger partial charge on any atom is -0.355 e. The first-order valence-corrected chi connectivity index (χ1v) is 8.81. The van der Waals surface area contributed by atoms with Crippen LogP contribution in [0.1, 0.15) is 21.9 Å². The number of thiazole rings is 1. The number of likely N-dealkylation sites (tertiary alicyclic amines) is 1. The number of nitrogens with zero attached hydrogens (tertiary/aromatic N) is 5. The van der Waals surface area contributed by atoms with E-state index in [1.165, 1.54) is 11.3 Å². The molecule has 0 N–H and O–H groups in total. The number of carbonyl (C=O) groups excluding carboxylic acids is 1. The predicted octanol–water partition coefficient (Wildman–Crippen LogP) is 1.84. The van der Waals surface area contributed by atoms with E-state index in [0.717, 1.165) is 43.4 Å². The quantitative estimate of drug-likeness (QED) is 0.841. The van der Waals surface area contributed by atoms with Gasteiger partial charge in [0.05, 0.1) is 11.2 Å². The van der Waals surface area contributed by atoms with Crippen LogP contribution in [0.25, 0.3) is 0 Å². The molecule has 0 bridgehead atoms. The van der Waals surface area contributed by atoms with Gasteiger partial charge in [0, 0.05) is 44.0 Å². The fourth-order valence-electron chi connectivity index (χ4n) is 3.62. The van der Waals surface area contributed by atoms with E-state index < -0.39 is 0 Å². The van der Waals surface area contributed by atoms with Crippen molar-refractivity contribution in [3.05, 3.63) is 34.7 Å². The van der Waals surface area contributed by atoms with Gasteiger partial charge in [-0.25, -0.2) is 9.97 Å². The average Bonchev–Trinajstić information content (AvgIpc) is 3.20. The molecule has 23 heavy (non-hydrogen) atoms. The summed E-state index contributed by atoms with van der Waals surface area (Å²) in [6.07, 6.45) is 6.34. The topological polar surface area (TPSA) is 62.2 Å². The van der Waals surface area contributed by atoms with Crippen molar-refractivity contribution in [3.8, 4) is 0 Å². The molecule has 0 radical (unpaired) electrons. The van der Waals surface area contributed by atoms with E-state index in [1.54, 1.807) is 12.4 Å². The van der Waals surface area contributed by atoms with Gasteiger partial charge in [0.25, 0.3) is 5.91 Å². The molecule has 4 heterocycles. The van der Waals surface area contributed by atoms with Gasteiger partial charge >= 0.3 is 0 Å². The highest BCUT2D eigenvalue weighted by Gasteiger charge is 2.39. The van der Waals surface area contributed by atoms with Gasteiger partial charge in [-0.05, 0) is 25.2 Å². The molecule has 0 saturated carbocycles. The van der Waals surface area contributed by atoms with Gasteiger partial charge in [-0.2, -0.15) is 0 Å². The Morgan fingerprint density at radius 3 is 2.87 bits per heavy atom. The van der Waals surface area contributed by atoms with Crippen molar-refractivity contribution >= 4 is 23.1 Å². The van der Waals surface area contributed by atoms with E-state index in [9.17, 15) is 4.79 Å². The minimum atomic E-state index is 0.0785. The standard InChI is InChI=1S/C16H19N5OS/c1-11-19-14(10-23-11)16(22)21-7-12-2-5-20(8-13(12)9-21)15-6-17-3-4-18-15/h3-4,6,10,12-13H,2,5,7-9H2,1H3.